The minimum atomic E-state index is -0.257. The van der Waals surface area contributed by atoms with E-state index in [-0.39, 0.29) is 18.4 Å². The maximum absolute atomic E-state index is 11.0. The van der Waals surface area contributed by atoms with Gasteiger partial charge in [0.2, 0.25) is 5.91 Å². The summed E-state index contributed by atoms with van der Waals surface area (Å²) in [6, 6.07) is 0. The van der Waals surface area contributed by atoms with Crippen LogP contribution < -0.4 is 5.32 Å². The molecule has 0 aliphatic heterocycles. The fourth-order valence-electron chi connectivity index (χ4n) is 0.923. The minimum Gasteiger partial charge on any atom is -0.465 e. The highest BCUT2D eigenvalue weighted by molar-refractivity contribution is 5.76. The van der Waals surface area contributed by atoms with E-state index in [0.717, 1.165) is 0 Å². The van der Waals surface area contributed by atoms with E-state index in [1.807, 2.05) is 0 Å². The van der Waals surface area contributed by atoms with Gasteiger partial charge < -0.3 is 10.1 Å². The lowest BCUT2D eigenvalue weighted by atomic mass is 10.3. The lowest BCUT2D eigenvalue weighted by Crippen LogP contribution is -2.31. The number of ether oxygens (including phenoxy) is 1. The molecule has 0 heterocycles. The van der Waals surface area contributed by atoms with Gasteiger partial charge in [-0.05, 0) is 14.0 Å². The largest absolute Gasteiger partial charge is 0.465 e. The van der Waals surface area contributed by atoms with Gasteiger partial charge in [-0.3, -0.25) is 14.5 Å². The molecule has 5 nitrogen and oxygen atoms in total. The first-order chi connectivity index (χ1) is 6.60. The topological polar surface area (TPSA) is 58.6 Å². The van der Waals surface area contributed by atoms with Gasteiger partial charge in [0.25, 0.3) is 0 Å². The Bertz CT molecular complexity index is 194. The van der Waals surface area contributed by atoms with Crippen molar-refractivity contribution >= 4 is 11.9 Å². The molecule has 0 saturated heterocycles. The average Bonchev–Trinajstić information content (AvgIpc) is 2.14. The summed E-state index contributed by atoms with van der Waals surface area (Å²) in [5, 5.41) is 2.52. The lowest BCUT2D eigenvalue weighted by molar-refractivity contribution is -0.144. The van der Waals surface area contributed by atoms with Crippen LogP contribution in [0.4, 0.5) is 0 Å². The second kappa shape index (κ2) is 7.32. The van der Waals surface area contributed by atoms with Gasteiger partial charge in [0.1, 0.15) is 0 Å². The molecular weight excluding hydrogens is 184 g/mol. The predicted octanol–water partition coefficient (Wildman–Crippen LogP) is -0.383. The standard InChI is InChI=1S/C9H18N2O3/c1-4-14-9(13)7-11(3)6-5-8(12)10-2/h4-7H2,1-3H3,(H,10,12). The molecule has 0 fully saturated rings. The Morgan fingerprint density at radius 1 is 1.43 bits per heavy atom. The normalized spacial score (nSPS) is 10.0. The quantitative estimate of drug-likeness (QED) is 0.596. The van der Waals surface area contributed by atoms with Crippen LogP contribution in [0.3, 0.4) is 0 Å². The van der Waals surface area contributed by atoms with Crippen LogP contribution in [-0.4, -0.2) is 50.6 Å². The Morgan fingerprint density at radius 3 is 2.57 bits per heavy atom. The molecular formula is C9H18N2O3. The van der Waals surface area contributed by atoms with Crippen molar-refractivity contribution in [2.45, 2.75) is 13.3 Å². The first-order valence-corrected chi connectivity index (χ1v) is 4.64. The van der Waals surface area contributed by atoms with Crippen molar-refractivity contribution in [3.05, 3.63) is 0 Å². The minimum absolute atomic E-state index is 0.0271. The van der Waals surface area contributed by atoms with Crippen molar-refractivity contribution in [2.75, 3.05) is 33.8 Å². The van der Waals surface area contributed by atoms with Crippen molar-refractivity contribution in [3.8, 4) is 0 Å². The van der Waals surface area contributed by atoms with Crippen molar-refractivity contribution < 1.29 is 14.3 Å². The third-order valence-corrected chi connectivity index (χ3v) is 1.70. The first kappa shape index (κ1) is 12.9. The maximum atomic E-state index is 11.0. The molecule has 0 aliphatic rings. The van der Waals surface area contributed by atoms with Gasteiger partial charge >= 0.3 is 5.97 Å². The second-order valence-corrected chi connectivity index (χ2v) is 2.97. The fourth-order valence-corrected chi connectivity index (χ4v) is 0.923. The third kappa shape index (κ3) is 6.42. The molecule has 82 valence electrons. The Kier molecular flexibility index (Phi) is 6.74. The van der Waals surface area contributed by atoms with Gasteiger partial charge in [0.15, 0.2) is 0 Å². The molecule has 14 heavy (non-hydrogen) atoms. The molecule has 5 heteroatoms. The maximum Gasteiger partial charge on any atom is 0.320 e. The Hall–Kier alpha value is -1.10. The zero-order valence-corrected chi connectivity index (χ0v) is 9.00. The van der Waals surface area contributed by atoms with Crippen molar-refractivity contribution in [3.63, 3.8) is 0 Å². The predicted molar refractivity (Wildman–Crippen MR) is 52.8 cm³/mol. The molecule has 0 atom stereocenters. The van der Waals surface area contributed by atoms with Gasteiger partial charge in [-0.25, -0.2) is 0 Å². The van der Waals surface area contributed by atoms with Crippen molar-refractivity contribution in [2.24, 2.45) is 0 Å². The summed E-state index contributed by atoms with van der Waals surface area (Å²) in [6.45, 7) is 2.94. The molecule has 1 amide bonds. The number of nitrogens with one attached hydrogen (secondary N) is 1. The van der Waals surface area contributed by atoms with Gasteiger partial charge in [-0.2, -0.15) is 0 Å². The fraction of sp³-hybridized carbons (Fsp3) is 0.778. The summed E-state index contributed by atoms with van der Waals surface area (Å²) in [4.78, 5) is 23.6. The van der Waals surface area contributed by atoms with Crippen LogP contribution in [0.5, 0.6) is 0 Å². The Balaban J connectivity index is 3.59. The molecule has 0 aromatic heterocycles. The molecule has 0 aliphatic carbocycles. The molecule has 0 saturated carbocycles. The van der Waals surface area contributed by atoms with Gasteiger partial charge in [-0.15, -0.1) is 0 Å². The molecule has 0 unspecified atom stereocenters. The van der Waals surface area contributed by atoms with Crippen LogP contribution >= 0.6 is 0 Å². The monoisotopic (exact) mass is 202 g/mol. The van der Waals surface area contributed by atoms with Crippen molar-refractivity contribution in [1.29, 1.82) is 0 Å². The number of likely N-dealkylation sites (N-methyl/N-ethyl adjacent to an activating group) is 1. The summed E-state index contributed by atoms with van der Waals surface area (Å²) in [7, 11) is 3.37. The van der Waals surface area contributed by atoms with Crippen LogP contribution in [0.15, 0.2) is 0 Å². The number of rotatable bonds is 6. The molecule has 0 aromatic rings. The second-order valence-electron chi connectivity index (χ2n) is 2.97. The van der Waals surface area contributed by atoms with Crippen LogP contribution in [0.2, 0.25) is 0 Å². The average molecular weight is 202 g/mol. The van der Waals surface area contributed by atoms with Crippen LogP contribution in [0.25, 0.3) is 0 Å². The van der Waals surface area contributed by atoms with Crippen molar-refractivity contribution in [1.82, 2.24) is 10.2 Å². The Labute approximate surface area is 84.4 Å². The molecule has 0 aromatic carbocycles. The van der Waals surface area contributed by atoms with Crippen LogP contribution in [-0.2, 0) is 14.3 Å². The highest BCUT2D eigenvalue weighted by atomic mass is 16.5. The molecule has 0 radical (unpaired) electrons. The van der Waals surface area contributed by atoms with E-state index in [1.54, 1.807) is 25.9 Å². The van der Waals surface area contributed by atoms with Crippen LogP contribution in [0, 0.1) is 0 Å². The number of carbonyl (C=O) groups is 2. The van der Waals surface area contributed by atoms with E-state index in [1.165, 1.54) is 0 Å². The highest BCUT2D eigenvalue weighted by Crippen LogP contribution is 1.89. The first-order valence-electron chi connectivity index (χ1n) is 4.64. The van der Waals surface area contributed by atoms with Gasteiger partial charge in [-0.1, -0.05) is 0 Å². The number of hydrogen-bond acceptors (Lipinski definition) is 4. The van der Waals surface area contributed by atoms with Gasteiger partial charge in [0.05, 0.1) is 13.2 Å². The zero-order valence-electron chi connectivity index (χ0n) is 9.00. The highest BCUT2D eigenvalue weighted by Gasteiger charge is 2.08. The van der Waals surface area contributed by atoms with E-state index in [2.05, 4.69) is 5.32 Å². The summed E-state index contributed by atoms with van der Waals surface area (Å²) < 4.78 is 4.76. The van der Waals surface area contributed by atoms with E-state index < -0.39 is 0 Å². The summed E-state index contributed by atoms with van der Waals surface area (Å²) in [5.74, 6) is -0.285. The molecule has 0 bridgehead atoms. The third-order valence-electron chi connectivity index (χ3n) is 1.70. The van der Waals surface area contributed by atoms with Gasteiger partial charge in [0, 0.05) is 20.0 Å². The summed E-state index contributed by atoms with van der Waals surface area (Å²) >= 11 is 0. The lowest BCUT2D eigenvalue weighted by Gasteiger charge is -2.14. The number of carbonyl (C=O) groups excluding carboxylic acids is 2. The van der Waals surface area contributed by atoms with E-state index >= 15 is 0 Å². The summed E-state index contributed by atoms with van der Waals surface area (Å²) in [6.07, 6.45) is 0.395. The number of nitrogens with zero attached hydrogens (tertiary/aromatic N) is 1. The smallest absolute Gasteiger partial charge is 0.320 e. The van der Waals surface area contributed by atoms with Crippen LogP contribution in [0.1, 0.15) is 13.3 Å². The number of esters is 1. The Morgan fingerprint density at radius 2 is 2.07 bits per heavy atom. The molecule has 0 rings (SSSR count). The summed E-state index contributed by atoms with van der Waals surface area (Å²) in [5.41, 5.74) is 0. The number of amides is 1. The zero-order chi connectivity index (χ0) is 11.0. The van der Waals surface area contributed by atoms with E-state index in [0.29, 0.717) is 19.6 Å². The van der Waals surface area contributed by atoms with E-state index in [4.69, 9.17) is 4.74 Å². The molecule has 1 N–H and O–H groups in total. The van der Waals surface area contributed by atoms with E-state index in [9.17, 15) is 9.59 Å². The number of hydrogen-bond donors (Lipinski definition) is 1. The SMILES string of the molecule is CCOC(=O)CN(C)CCC(=O)NC. The molecule has 0 spiro atoms.